The first-order chi connectivity index (χ1) is 14.0. The lowest BCUT2D eigenvalue weighted by molar-refractivity contribution is -0.117. The molecular weight excluding hydrogens is 412 g/mol. The number of anilines is 2. The molecule has 0 aliphatic carbocycles. The van der Waals surface area contributed by atoms with E-state index in [0.717, 1.165) is 5.69 Å². The predicted molar refractivity (Wildman–Crippen MR) is 112 cm³/mol. The molecule has 0 saturated carbocycles. The molecule has 8 nitrogen and oxygen atoms in total. The van der Waals surface area contributed by atoms with Crippen molar-refractivity contribution < 1.29 is 9.59 Å². The van der Waals surface area contributed by atoms with Crippen molar-refractivity contribution in [3.05, 3.63) is 53.6 Å². The number of nitrogens with zero attached hydrogens (tertiary/aromatic N) is 5. The van der Waals surface area contributed by atoms with Gasteiger partial charge in [0.05, 0.1) is 22.8 Å². The largest absolute Gasteiger partial charge is 0.324 e. The third-order valence-corrected chi connectivity index (χ3v) is 5.62. The number of rotatable bonds is 4. The quantitative estimate of drug-likeness (QED) is 0.641. The van der Waals surface area contributed by atoms with E-state index in [9.17, 15) is 9.59 Å². The van der Waals surface area contributed by atoms with E-state index >= 15 is 0 Å². The highest BCUT2D eigenvalue weighted by Gasteiger charge is 2.29. The fourth-order valence-electron chi connectivity index (χ4n) is 3.18. The third kappa shape index (κ3) is 4.10. The molecule has 2 amide bonds. The van der Waals surface area contributed by atoms with E-state index in [-0.39, 0.29) is 30.0 Å². The molecule has 2 heterocycles. The number of halogens is 1. The van der Waals surface area contributed by atoms with Gasteiger partial charge in [-0.3, -0.25) is 9.59 Å². The number of hydrogen-bond donors (Lipinski definition) is 1. The number of benzene rings is 2. The van der Waals surface area contributed by atoms with Gasteiger partial charge in [0.15, 0.2) is 0 Å². The highest BCUT2D eigenvalue weighted by Crippen LogP contribution is 2.32. The van der Waals surface area contributed by atoms with Crippen LogP contribution in [0.4, 0.5) is 11.4 Å². The minimum absolute atomic E-state index is 0.111. The fourth-order valence-corrected chi connectivity index (χ4v) is 4.05. The van der Waals surface area contributed by atoms with E-state index < -0.39 is 0 Å². The summed E-state index contributed by atoms with van der Waals surface area (Å²) in [6.07, 6.45) is 0.230. The molecule has 0 saturated heterocycles. The Balaban J connectivity index is 1.54. The van der Waals surface area contributed by atoms with E-state index in [4.69, 9.17) is 11.6 Å². The van der Waals surface area contributed by atoms with Crippen LogP contribution in [0.5, 0.6) is 0 Å². The van der Waals surface area contributed by atoms with Gasteiger partial charge < -0.3 is 10.2 Å². The Morgan fingerprint density at radius 2 is 2.00 bits per heavy atom. The number of aromatic nitrogens is 4. The number of thioether (sulfide) groups is 1. The number of amides is 2. The molecule has 0 spiro atoms. The van der Waals surface area contributed by atoms with Crippen LogP contribution >= 0.6 is 23.4 Å². The Morgan fingerprint density at radius 3 is 2.79 bits per heavy atom. The van der Waals surface area contributed by atoms with E-state index in [1.54, 1.807) is 39.9 Å². The Labute approximate surface area is 176 Å². The van der Waals surface area contributed by atoms with Crippen LogP contribution in [0.3, 0.4) is 0 Å². The molecule has 1 aliphatic heterocycles. The van der Waals surface area contributed by atoms with Gasteiger partial charge in [-0.25, -0.2) is 0 Å². The molecule has 29 heavy (non-hydrogen) atoms. The molecule has 0 bridgehead atoms. The molecule has 0 unspecified atom stereocenters. The maximum absolute atomic E-state index is 13.1. The van der Waals surface area contributed by atoms with Crippen LogP contribution in [0.25, 0.3) is 5.69 Å². The first kappa shape index (κ1) is 19.4. The number of hydrogen-bond acceptors (Lipinski definition) is 6. The summed E-state index contributed by atoms with van der Waals surface area (Å²) in [5, 5.41) is 15.7. The first-order valence-electron chi connectivity index (χ1n) is 8.91. The molecule has 0 radical (unpaired) electrons. The average molecular weight is 429 g/mol. The minimum Gasteiger partial charge on any atom is -0.324 e. The summed E-state index contributed by atoms with van der Waals surface area (Å²) >= 11 is 7.17. The van der Waals surface area contributed by atoms with Crippen LogP contribution in [0.1, 0.15) is 13.3 Å². The van der Waals surface area contributed by atoms with Gasteiger partial charge in [0.25, 0.3) is 0 Å². The van der Waals surface area contributed by atoms with E-state index in [1.807, 2.05) is 25.1 Å². The number of tetrazole rings is 1. The Hall–Kier alpha value is -2.91. The van der Waals surface area contributed by atoms with Gasteiger partial charge in [0, 0.05) is 17.5 Å². The van der Waals surface area contributed by atoms with Crippen molar-refractivity contribution in [2.75, 3.05) is 16.0 Å². The normalized spacial score (nSPS) is 16.1. The third-order valence-electron chi connectivity index (χ3n) is 4.46. The second kappa shape index (κ2) is 8.22. The van der Waals surface area contributed by atoms with Crippen molar-refractivity contribution in [2.45, 2.75) is 24.5 Å². The second-order valence-electron chi connectivity index (χ2n) is 6.52. The molecule has 1 aliphatic rings. The van der Waals surface area contributed by atoms with Gasteiger partial charge in [0.2, 0.25) is 17.0 Å². The molecule has 3 aromatic rings. The SMILES string of the molecule is C[C@@H]1CC(=O)Nc2ccccc2N1C(=O)CSc1nnnn1-c1ccc(Cl)cc1. The molecule has 10 heteroatoms. The van der Waals surface area contributed by atoms with Gasteiger partial charge in [-0.1, -0.05) is 35.5 Å². The molecular formula is C19H17ClN6O2S. The zero-order chi connectivity index (χ0) is 20.4. The van der Waals surface area contributed by atoms with Crippen molar-refractivity contribution in [1.29, 1.82) is 0 Å². The number of fused-ring (bicyclic) bond motifs is 1. The monoisotopic (exact) mass is 428 g/mol. The molecule has 0 fully saturated rings. The molecule has 1 N–H and O–H groups in total. The van der Waals surface area contributed by atoms with Crippen molar-refractivity contribution in [1.82, 2.24) is 20.2 Å². The van der Waals surface area contributed by atoms with Gasteiger partial charge in [0.1, 0.15) is 0 Å². The van der Waals surface area contributed by atoms with Crippen LogP contribution < -0.4 is 10.2 Å². The van der Waals surface area contributed by atoms with Crippen LogP contribution in [-0.4, -0.2) is 43.8 Å². The molecule has 4 rings (SSSR count). The summed E-state index contributed by atoms with van der Waals surface area (Å²) in [5.41, 5.74) is 2.07. The van der Waals surface area contributed by atoms with Crippen molar-refractivity contribution in [3.8, 4) is 5.69 Å². The summed E-state index contributed by atoms with van der Waals surface area (Å²) in [6.45, 7) is 1.86. The number of para-hydroxylation sites is 2. The van der Waals surface area contributed by atoms with Gasteiger partial charge >= 0.3 is 0 Å². The Kier molecular flexibility index (Phi) is 5.50. The lowest BCUT2D eigenvalue weighted by Crippen LogP contribution is -2.40. The number of carbonyl (C=O) groups is 2. The fraction of sp³-hybridized carbons (Fsp3) is 0.211. The van der Waals surface area contributed by atoms with Crippen LogP contribution in [0, 0.1) is 0 Å². The van der Waals surface area contributed by atoms with Crippen molar-refractivity contribution in [3.63, 3.8) is 0 Å². The number of carbonyl (C=O) groups excluding carboxylic acids is 2. The maximum Gasteiger partial charge on any atom is 0.237 e. The van der Waals surface area contributed by atoms with Gasteiger partial charge in [-0.2, -0.15) is 4.68 Å². The smallest absolute Gasteiger partial charge is 0.237 e. The highest BCUT2D eigenvalue weighted by atomic mass is 35.5. The Bertz CT molecular complexity index is 1050. The average Bonchev–Trinajstić information content (AvgIpc) is 3.12. The van der Waals surface area contributed by atoms with Crippen LogP contribution in [0.15, 0.2) is 53.7 Å². The Morgan fingerprint density at radius 1 is 1.24 bits per heavy atom. The van der Waals surface area contributed by atoms with E-state index in [1.165, 1.54) is 11.8 Å². The standard InChI is InChI=1S/C19H17ClN6O2S/c1-12-10-17(27)21-15-4-2-3-5-16(15)25(12)18(28)11-29-19-22-23-24-26(19)14-8-6-13(20)7-9-14/h2-9,12H,10-11H2,1H3,(H,21,27)/t12-/m1/s1. The van der Waals surface area contributed by atoms with Crippen LogP contribution in [-0.2, 0) is 9.59 Å². The second-order valence-corrected chi connectivity index (χ2v) is 7.90. The van der Waals surface area contributed by atoms with E-state index in [2.05, 4.69) is 20.8 Å². The molecule has 2 aromatic carbocycles. The lowest BCUT2D eigenvalue weighted by Gasteiger charge is -2.27. The molecule has 1 atom stereocenters. The number of nitrogens with one attached hydrogen (secondary N) is 1. The maximum atomic E-state index is 13.1. The van der Waals surface area contributed by atoms with E-state index in [0.29, 0.717) is 21.6 Å². The highest BCUT2D eigenvalue weighted by molar-refractivity contribution is 7.99. The zero-order valence-electron chi connectivity index (χ0n) is 15.4. The van der Waals surface area contributed by atoms with Crippen molar-refractivity contribution in [2.24, 2.45) is 0 Å². The topological polar surface area (TPSA) is 93.0 Å². The summed E-state index contributed by atoms with van der Waals surface area (Å²) in [7, 11) is 0. The zero-order valence-corrected chi connectivity index (χ0v) is 17.0. The lowest BCUT2D eigenvalue weighted by atomic mass is 10.2. The van der Waals surface area contributed by atoms with Gasteiger partial charge in [-0.05, 0) is 53.7 Å². The van der Waals surface area contributed by atoms with Crippen molar-refractivity contribution >= 4 is 46.6 Å². The van der Waals surface area contributed by atoms with Gasteiger partial charge in [-0.15, -0.1) is 5.10 Å². The summed E-state index contributed by atoms with van der Waals surface area (Å²) in [5.74, 6) is -0.113. The minimum atomic E-state index is -0.265. The molecule has 1 aromatic heterocycles. The first-order valence-corrected chi connectivity index (χ1v) is 10.3. The molecule has 148 valence electrons. The summed E-state index contributed by atoms with van der Waals surface area (Å²) in [4.78, 5) is 26.9. The summed E-state index contributed by atoms with van der Waals surface area (Å²) in [6, 6.07) is 14.1. The summed E-state index contributed by atoms with van der Waals surface area (Å²) < 4.78 is 1.55. The van der Waals surface area contributed by atoms with Crippen LogP contribution in [0.2, 0.25) is 5.02 Å². The predicted octanol–water partition coefficient (Wildman–Crippen LogP) is 3.17.